The van der Waals surface area contributed by atoms with Crippen LogP contribution in [-0.4, -0.2) is 0 Å². The number of hydrogen-bond donors (Lipinski definition) is 0. The predicted octanol–water partition coefficient (Wildman–Crippen LogP) is 11.8. The molecule has 0 saturated heterocycles. The minimum absolute atomic E-state index is 0.842. The first-order chi connectivity index (χ1) is 21.3. The van der Waals surface area contributed by atoms with E-state index in [9.17, 15) is 0 Å². The van der Waals surface area contributed by atoms with Gasteiger partial charge in [0, 0.05) is 27.5 Å². The average Bonchev–Trinajstić information content (AvgIpc) is 3.62. The van der Waals surface area contributed by atoms with Gasteiger partial charge < -0.3 is 13.7 Å². The van der Waals surface area contributed by atoms with Crippen molar-refractivity contribution < 1.29 is 8.83 Å². The van der Waals surface area contributed by atoms with E-state index in [-0.39, 0.29) is 0 Å². The van der Waals surface area contributed by atoms with Crippen molar-refractivity contribution in [2.75, 3.05) is 4.90 Å². The van der Waals surface area contributed by atoms with Crippen molar-refractivity contribution in [1.82, 2.24) is 0 Å². The summed E-state index contributed by atoms with van der Waals surface area (Å²) in [5.41, 5.74) is 8.98. The SMILES string of the molecule is c1ccc(-c2ccc3oc4cc5c(cc4c3c2)oc2cccc(N(c3ccccc3)c3ccc4ccccc4c3)c25)cc1. The quantitative estimate of drug-likeness (QED) is 0.218. The van der Waals surface area contributed by atoms with E-state index in [0.717, 1.165) is 66.5 Å². The highest BCUT2D eigenvalue weighted by Gasteiger charge is 2.21. The number of benzene rings is 7. The Morgan fingerprint density at radius 2 is 1.07 bits per heavy atom. The van der Waals surface area contributed by atoms with Gasteiger partial charge >= 0.3 is 0 Å². The standard InChI is InChI=1S/C40H25NO2/c1-3-10-26(11-4-1)29-19-21-36-32(23-29)33-24-39-34(25-38(33)42-36)40-35(16-9-17-37(40)43-39)41(30-14-5-2-6-15-30)31-20-18-27-12-7-8-13-28(27)22-31/h1-25H. The lowest BCUT2D eigenvalue weighted by Crippen LogP contribution is -2.10. The molecule has 3 nitrogen and oxygen atoms in total. The molecule has 0 aliphatic rings. The molecule has 0 aliphatic carbocycles. The van der Waals surface area contributed by atoms with Crippen LogP contribution >= 0.6 is 0 Å². The molecule has 3 heteroatoms. The Morgan fingerprint density at radius 1 is 0.372 bits per heavy atom. The van der Waals surface area contributed by atoms with E-state index in [1.54, 1.807) is 0 Å². The zero-order valence-electron chi connectivity index (χ0n) is 23.2. The van der Waals surface area contributed by atoms with Crippen LogP contribution in [-0.2, 0) is 0 Å². The Bertz CT molecular complexity index is 2450. The monoisotopic (exact) mass is 551 g/mol. The van der Waals surface area contributed by atoms with Crippen LogP contribution in [0, 0.1) is 0 Å². The van der Waals surface area contributed by atoms with Crippen LogP contribution in [0.2, 0.25) is 0 Å². The van der Waals surface area contributed by atoms with E-state index >= 15 is 0 Å². The smallest absolute Gasteiger partial charge is 0.137 e. The average molecular weight is 552 g/mol. The van der Waals surface area contributed by atoms with E-state index in [0.29, 0.717) is 0 Å². The lowest BCUT2D eigenvalue weighted by molar-refractivity contribution is 0.664. The molecule has 43 heavy (non-hydrogen) atoms. The Labute approximate surface area is 247 Å². The van der Waals surface area contributed by atoms with E-state index in [1.165, 1.54) is 16.3 Å². The van der Waals surface area contributed by atoms with Gasteiger partial charge in [0.2, 0.25) is 0 Å². The number of fused-ring (bicyclic) bond motifs is 7. The molecule has 0 N–H and O–H groups in total. The van der Waals surface area contributed by atoms with Crippen LogP contribution in [0.25, 0.3) is 65.8 Å². The second-order valence-electron chi connectivity index (χ2n) is 11.0. The first-order valence-corrected chi connectivity index (χ1v) is 14.5. The van der Waals surface area contributed by atoms with Gasteiger partial charge in [0.15, 0.2) is 0 Å². The molecule has 0 fully saturated rings. The molecule has 2 heterocycles. The molecule has 0 saturated carbocycles. The molecule has 9 rings (SSSR count). The van der Waals surface area contributed by atoms with Crippen molar-refractivity contribution in [3.8, 4) is 11.1 Å². The van der Waals surface area contributed by atoms with Crippen LogP contribution in [0.15, 0.2) is 160 Å². The summed E-state index contributed by atoms with van der Waals surface area (Å²) in [7, 11) is 0. The van der Waals surface area contributed by atoms with Crippen LogP contribution in [0.5, 0.6) is 0 Å². The van der Waals surface area contributed by atoms with Crippen molar-refractivity contribution in [2.24, 2.45) is 0 Å². The van der Waals surface area contributed by atoms with Gasteiger partial charge in [0.25, 0.3) is 0 Å². The summed E-state index contributed by atoms with van der Waals surface area (Å²) in [4.78, 5) is 2.32. The van der Waals surface area contributed by atoms with Gasteiger partial charge in [-0.25, -0.2) is 0 Å². The van der Waals surface area contributed by atoms with E-state index in [1.807, 2.05) is 6.07 Å². The summed E-state index contributed by atoms with van der Waals surface area (Å²) in [6, 6.07) is 53.1. The summed E-state index contributed by atoms with van der Waals surface area (Å²) < 4.78 is 13.0. The minimum atomic E-state index is 0.842. The first kappa shape index (κ1) is 23.9. The zero-order valence-corrected chi connectivity index (χ0v) is 23.2. The highest BCUT2D eigenvalue weighted by Crippen LogP contribution is 2.45. The van der Waals surface area contributed by atoms with Crippen LogP contribution in [0.3, 0.4) is 0 Å². The fraction of sp³-hybridized carbons (Fsp3) is 0. The highest BCUT2D eigenvalue weighted by atomic mass is 16.3. The Balaban J connectivity index is 1.28. The molecule has 0 spiro atoms. The molecule has 0 atom stereocenters. The molecular weight excluding hydrogens is 526 g/mol. The van der Waals surface area contributed by atoms with E-state index in [4.69, 9.17) is 8.83 Å². The van der Waals surface area contributed by atoms with Crippen LogP contribution in [0.1, 0.15) is 0 Å². The fourth-order valence-electron chi connectivity index (χ4n) is 6.39. The van der Waals surface area contributed by atoms with Gasteiger partial charge in [0.1, 0.15) is 22.3 Å². The van der Waals surface area contributed by atoms with Crippen molar-refractivity contribution in [3.05, 3.63) is 152 Å². The van der Waals surface area contributed by atoms with Gasteiger partial charge in [-0.2, -0.15) is 0 Å². The van der Waals surface area contributed by atoms with Gasteiger partial charge in [0.05, 0.1) is 11.1 Å². The molecule has 2 aromatic heterocycles. The number of nitrogens with zero attached hydrogens (tertiary/aromatic N) is 1. The Hall–Kier alpha value is -5.80. The number of hydrogen-bond acceptors (Lipinski definition) is 3. The maximum Gasteiger partial charge on any atom is 0.137 e. The molecule has 9 aromatic rings. The molecule has 0 unspecified atom stereocenters. The fourth-order valence-corrected chi connectivity index (χ4v) is 6.39. The molecule has 0 bridgehead atoms. The summed E-state index contributed by atoms with van der Waals surface area (Å²) in [5, 5.41) is 6.64. The molecular formula is C40H25NO2. The van der Waals surface area contributed by atoms with Crippen molar-refractivity contribution in [2.45, 2.75) is 0 Å². The van der Waals surface area contributed by atoms with Crippen LogP contribution in [0.4, 0.5) is 17.1 Å². The van der Waals surface area contributed by atoms with Crippen molar-refractivity contribution in [1.29, 1.82) is 0 Å². The van der Waals surface area contributed by atoms with Crippen molar-refractivity contribution >= 4 is 71.7 Å². The second kappa shape index (κ2) is 9.37. The molecule has 0 aliphatic heterocycles. The zero-order chi connectivity index (χ0) is 28.3. The third-order valence-electron chi connectivity index (χ3n) is 8.42. The lowest BCUT2D eigenvalue weighted by atomic mass is 10.0. The third-order valence-corrected chi connectivity index (χ3v) is 8.42. The Morgan fingerprint density at radius 3 is 1.93 bits per heavy atom. The number of para-hydroxylation sites is 1. The minimum Gasteiger partial charge on any atom is -0.456 e. The molecule has 0 radical (unpaired) electrons. The topological polar surface area (TPSA) is 29.5 Å². The summed E-state index contributed by atoms with van der Waals surface area (Å²) in [6.07, 6.45) is 0. The maximum atomic E-state index is 6.56. The van der Waals surface area contributed by atoms with Gasteiger partial charge in [-0.3, -0.25) is 0 Å². The highest BCUT2D eigenvalue weighted by molar-refractivity contribution is 6.19. The maximum absolute atomic E-state index is 6.56. The predicted molar refractivity (Wildman–Crippen MR) is 179 cm³/mol. The number of furan rings is 2. The summed E-state index contributed by atoms with van der Waals surface area (Å²) >= 11 is 0. The van der Waals surface area contributed by atoms with Crippen molar-refractivity contribution in [3.63, 3.8) is 0 Å². The largest absolute Gasteiger partial charge is 0.456 e. The molecule has 0 amide bonds. The van der Waals surface area contributed by atoms with E-state index < -0.39 is 0 Å². The number of anilines is 3. The molecule has 7 aromatic carbocycles. The van der Waals surface area contributed by atoms with Gasteiger partial charge in [-0.05, 0) is 82.6 Å². The number of rotatable bonds is 4. The van der Waals surface area contributed by atoms with Gasteiger partial charge in [-0.1, -0.05) is 91.0 Å². The first-order valence-electron chi connectivity index (χ1n) is 14.5. The van der Waals surface area contributed by atoms with Crippen LogP contribution < -0.4 is 4.90 Å². The normalized spacial score (nSPS) is 11.7. The summed E-state index contributed by atoms with van der Waals surface area (Å²) in [6.45, 7) is 0. The third kappa shape index (κ3) is 3.83. The second-order valence-corrected chi connectivity index (χ2v) is 11.0. The summed E-state index contributed by atoms with van der Waals surface area (Å²) in [5.74, 6) is 0. The molecule has 202 valence electrons. The van der Waals surface area contributed by atoms with E-state index in [2.05, 4.69) is 150 Å². The van der Waals surface area contributed by atoms with Gasteiger partial charge in [-0.15, -0.1) is 0 Å². The lowest BCUT2D eigenvalue weighted by Gasteiger charge is -2.26. The Kier molecular flexibility index (Phi) is 5.20.